The Bertz CT molecular complexity index is 291. The van der Waals surface area contributed by atoms with Gasteiger partial charge in [-0.25, -0.2) is 0 Å². The predicted molar refractivity (Wildman–Crippen MR) is 63.0 cm³/mol. The van der Waals surface area contributed by atoms with Crippen molar-refractivity contribution in [2.75, 3.05) is 0 Å². The van der Waals surface area contributed by atoms with Gasteiger partial charge in [-0.3, -0.25) is 4.79 Å². The van der Waals surface area contributed by atoms with Crippen LogP contribution in [0.4, 0.5) is 0 Å². The van der Waals surface area contributed by atoms with Gasteiger partial charge >= 0.3 is 0 Å². The topological polar surface area (TPSA) is 17.1 Å². The van der Waals surface area contributed by atoms with Crippen LogP contribution in [0.25, 0.3) is 0 Å². The monoisotopic (exact) mass is 218 g/mol. The summed E-state index contributed by atoms with van der Waals surface area (Å²) in [7, 11) is 0. The van der Waals surface area contributed by atoms with E-state index in [0.717, 1.165) is 24.2 Å². The van der Waals surface area contributed by atoms with Crippen LogP contribution < -0.4 is 0 Å². The molecule has 0 radical (unpaired) electrons. The molecule has 0 heterocycles. The summed E-state index contributed by atoms with van der Waals surface area (Å²) in [5.41, 5.74) is 0.494. The molecule has 1 nitrogen and oxygen atoms in total. The van der Waals surface area contributed by atoms with Crippen molar-refractivity contribution < 1.29 is 4.79 Å². The zero-order valence-corrected chi connectivity index (χ0v) is 10.1. The largest absolute Gasteiger partial charge is 0.299 e. The molecule has 0 amide bonds. The molecular formula is C15H22O. The van der Waals surface area contributed by atoms with Crippen LogP contribution in [0.2, 0.25) is 0 Å². The number of carbonyl (C=O) groups excluding carboxylic acids is 1. The van der Waals surface area contributed by atoms with Crippen LogP contribution in [0.15, 0.2) is 0 Å². The fourth-order valence-electron chi connectivity index (χ4n) is 5.43. The molecule has 5 saturated carbocycles. The van der Waals surface area contributed by atoms with Crippen molar-refractivity contribution in [3.8, 4) is 0 Å². The van der Waals surface area contributed by atoms with Gasteiger partial charge < -0.3 is 0 Å². The lowest BCUT2D eigenvalue weighted by atomic mass is 9.48. The molecule has 5 fully saturated rings. The average molecular weight is 218 g/mol. The van der Waals surface area contributed by atoms with Gasteiger partial charge in [0, 0.05) is 12.3 Å². The van der Waals surface area contributed by atoms with Crippen molar-refractivity contribution in [3.05, 3.63) is 0 Å². The smallest absolute Gasteiger partial charge is 0.136 e. The first-order chi connectivity index (χ1) is 7.72. The van der Waals surface area contributed by atoms with Gasteiger partial charge in [-0.15, -0.1) is 0 Å². The Kier molecular flexibility index (Phi) is 1.88. The molecule has 0 unspecified atom stereocenters. The minimum absolute atomic E-state index is 0.494. The second-order valence-corrected chi connectivity index (χ2v) is 7.33. The first kappa shape index (κ1) is 9.67. The highest BCUT2D eigenvalue weighted by Crippen LogP contribution is 2.61. The Morgan fingerprint density at radius 3 is 1.88 bits per heavy atom. The van der Waals surface area contributed by atoms with Gasteiger partial charge in [0.05, 0.1) is 0 Å². The third-order valence-corrected chi connectivity index (χ3v) is 5.75. The van der Waals surface area contributed by atoms with Crippen LogP contribution in [-0.4, -0.2) is 5.78 Å². The quantitative estimate of drug-likeness (QED) is 0.707. The van der Waals surface area contributed by atoms with Gasteiger partial charge in [0.15, 0.2) is 0 Å². The van der Waals surface area contributed by atoms with Gasteiger partial charge in [0.1, 0.15) is 5.78 Å². The summed E-state index contributed by atoms with van der Waals surface area (Å²) < 4.78 is 0. The molecule has 0 saturated heterocycles. The van der Waals surface area contributed by atoms with E-state index in [4.69, 9.17) is 0 Å². The Hall–Kier alpha value is -0.330. The van der Waals surface area contributed by atoms with Gasteiger partial charge in [0.25, 0.3) is 0 Å². The van der Waals surface area contributed by atoms with E-state index in [-0.39, 0.29) is 0 Å². The van der Waals surface area contributed by atoms with Gasteiger partial charge in [-0.05, 0) is 74.5 Å². The maximum Gasteiger partial charge on any atom is 0.136 e. The summed E-state index contributed by atoms with van der Waals surface area (Å²) in [6.45, 7) is 0. The highest BCUT2D eigenvalue weighted by Gasteiger charge is 2.52. The van der Waals surface area contributed by atoms with Crippen LogP contribution >= 0.6 is 0 Å². The average Bonchev–Trinajstić information content (AvgIpc) is 2.96. The van der Waals surface area contributed by atoms with Crippen molar-refractivity contribution >= 4 is 5.78 Å². The molecule has 16 heavy (non-hydrogen) atoms. The van der Waals surface area contributed by atoms with Crippen LogP contribution in [0, 0.1) is 29.1 Å². The van der Waals surface area contributed by atoms with Crippen molar-refractivity contribution in [1.82, 2.24) is 0 Å². The van der Waals surface area contributed by atoms with Crippen molar-refractivity contribution in [3.63, 3.8) is 0 Å². The molecule has 4 bridgehead atoms. The van der Waals surface area contributed by atoms with Crippen molar-refractivity contribution in [2.45, 2.75) is 57.8 Å². The number of hydrogen-bond donors (Lipinski definition) is 0. The Balaban J connectivity index is 1.54. The number of rotatable bonds is 3. The molecule has 5 rings (SSSR count). The molecule has 0 aromatic heterocycles. The fourth-order valence-corrected chi connectivity index (χ4v) is 5.43. The molecule has 0 aromatic carbocycles. The van der Waals surface area contributed by atoms with Crippen LogP contribution in [0.5, 0.6) is 0 Å². The molecule has 0 aromatic rings. The maximum atomic E-state index is 12.1. The number of hydrogen-bond acceptors (Lipinski definition) is 1. The van der Waals surface area contributed by atoms with Crippen LogP contribution in [0.1, 0.15) is 57.8 Å². The SMILES string of the molecule is O=C(CC12CC3CC(CC(C3)C1)C2)C1CC1. The van der Waals surface area contributed by atoms with Gasteiger partial charge in [-0.2, -0.15) is 0 Å². The molecule has 0 spiro atoms. The highest BCUT2D eigenvalue weighted by atomic mass is 16.1. The van der Waals surface area contributed by atoms with Gasteiger partial charge in [-0.1, -0.05) is 0 Å². The lowest BCUT2D eigenvalue weighted by Crippen LogP contribution is -2.47. The third kappa shape index (κ3) is 1.47. The second-order valence-electron chi connectivity index (χ2n) is 7.33. The molecule has 5 aliphatic rings. The summed E-state index contributed by atoms with van der Waals surface area (Å²) in [6, 6.07) is 0. The lowest BCUT2D eigenvalue weighted by molar-refractivity contribution is -0.128. The van der Waals surface area contributed by atoms with Crippen LogP contribution in [0.3, 0.4) is 0 Å². The normalized spacial score (nSPS) is 49.6. The first-order valence-corrected chi connectivity index (χ1v) is 7.25. The van der Waals surface area contributed by atoms with E-state index in [2.05, 4.69) is 0 Å². The number of carbonyl (C=O) groups is 1. The molecule has 0 N–H and O–H groups in total. The molecular weight excluding hydrogens is 196 g/mol. The summed E-state index contributed by atoms with van der Waals surface area (Å²) in [5, 5.41) is 0. The second kappa shape index (κ2) is 3.11. The van der Waals surface area contributed by atoms with E-state index < -0.39 is 0 Å². The molecule has 1 heteroatoms. The first-order valence-electron chi connectivity index (χ1n) is 7.25. The summed E-state index contributed by atoms with van der Waals surface area (Å²) >= 11 is 0. The Morgan fingerprint density at radius 1 is 0.938 bits per heavy atom. The summed E-state index contributed by atoms with van der Waals surface area (Å²) in [4.78, 5) is 12.1. The fraction of sp³-hybridized carbons (Fsp3) is 0.933. The summed E-state index contributed by atoms with van der Waals surface area (Å²) in [6.07, 6.45) is 12.1. The Labute approximate surface area is 98.0 Å². The maximum absolute atomic E-state index is 12.1. The molecule has 5 aliphatic carbocycles. The molecule has 0 aliphatic heterocycles. The van der Waals surface area contributed by atoms with E-state index in [1.807, 2.05) is 0 Å². The van der Waals surface area contributed by atoms with E-state index in [1.54, 1.807) is 0 Å². The highest BCUT2D eigenvalue weighted by molar-refractivity contribution is 5.83. The molecule has 0 atom stereocenters. The third-order valence-electron chi connectivity index (χ3n) is 5.75. The predicted octanol–water partition coefficient (Wildman–Crippen LogP) is 3.57. The van der Waals surface area contributed by atoms with E-state index in [1.165, 1.54) is 51.4 Å². The van der Waals surface area contributed by atoms with Gasteiger partial charge in [0.2, 0.25) is 0 Å². The van der Waals surface area contributed by atoms with E-state index in [0.29, 0.717) is 17.1 Å². The summed E-state index contributed by atoms with van der Waals surface area (Å²) in [5.74, 6) is 4.12. The minimum atomic E-state index is 0.494. The number of Topliss-reactive ketones (excluding diaryl/α,β-unsaturated/α-hetero) is 1. The van der Waals surface area contributed by atoms with E-state index in [9.17, 15) is 4.79 Å². The molecule has 88 valence electrons. The Morgan fingerprint density at radius 2 is 1.44 bits per heavy atom. The van der Waals surface area contributed by atoms with Crippen LogP contribution in [-0.2, 0) is 4.79 Å². The standard InChI is InChI=1S/C15H22O/c16-14(13-1-2-13)9-15-6-10-3-11(7-15)5-12(4-10)8-15/h10-13H,1-9H2. The number of ketones is 1. The van der Waals surface area contributed by atoms with Crippen molar-refractivity contribution in [1.29, 1.82) is 0 Å². The minimum Gasteiger partial charge on any atom is -0.299 e. The van der Waals surface area contributed by atoms with E-state index >= 15 is 0 Å². The zero-order valence-electron chi connectivity index (χ0n) is 10.1. The lowest BCUT2D eigenvalue weighted by Gasteiger charge is -2.56. The zero-order chi connectivity index (χ0) is 10.8. The van der Waals surface area contributed by atoms with Crippen molar-refractivity contribution in [2.24, 2.45) is 29.1 Å².